The molecule has 0 aliphatic heterocycles. The van der Waals surface area contributed by atoms with E-state index in [1.165, 1.54) is 32.1 Å². The number of fused-ring (bicyclic) bond motifs is 5. The van der Waals surface area contributed by atoms with Crippen LogP contribution in [0.4, 0.5) is 4.79 Å². The molecule has 0 aromatic rings. The summed E-state index contributed by atoms with van der Waals surface area (Å²) in [5, 5.41) is 0. The van der Waals surface area contributed by atoms with Crippen molar-refractivity contribution in [3.8, 4) is 0 Å². The Balaban J connectivity index is 1.54. The van der Waals surface area contributed by atoms with E-state index in [0.29, 0.717) is 17.1 Å². The third kappa shape index (κ3) is 2.75. The van der Waals surface area contributed by atoms with E-state index in [1.54, 1.807) is 0 Å². The molecule has 0 amide bonds. The first-order valence-corrected chi connectivity index (χ1v) is 11.0. The van der Waals surface area contributed by atoms with Gasteiger partial charge in [0.2, 0.25) is 0 Å². The molecule has 0 saturated heterocycles. The number of hydrogen-bond donors (Lipinski definition) is 0. The summed E-state index contributed by atoms with van der Waals surface area (Å²) < 4.78 is 5.34. The van der Waals surface area contributed by atoms with E-state index >= 15 is 0 Å². The number of hydrogen-bond acceptors (Lipinski definition) is 3. The molecule has 0 spiro atoms. The summed E-state index contributed by atoms with van der Waals surface area (Å²) in [5.41, 5.74) is -0.0445. The van der Waals surface area contributed by atoms with Crippen molar-refractivity contribution in [1.82, 2.24) is 0 Å². The standard InChI is InChI=1S/C22H33ClO3/c1-13(24)17-6-7-18-16-5-4-14-12-15(26-20(23)25)8-10-21(14,2)19(16)9-11-22(17,18)3/h14-19H,4-12H2,1-3H3/t14-,15+,16-,17+,18-,19-,21-,22+/m0/s1. The predicted octanol–water partition coefficient (Wildman–Crippen LogP) is 5.98. The molecular formula is C22H33ClO3. The Hall–Kier alpha value is -0.570. The summed E-state index contributed by atoms with van der Waals surface area (Å²) in [6, 6.07) is 0. The molecule has 26 heavy (non-hydrogen) atoms. The van der Waals surface area contributed by atoms with Crippen LogP contribution in [0.1, 0.15) is 78.6 Å². The Morgan fingerprint density at radius 3 is 2.31 bits per heavy atom. The normalized spacial score (nSPS) is 50.3. The highest BCUT2D eigenvalue weighted by Crippen LogP contribution is 2.67. The third-order valence-corrected chi connectivity index (χ3v) is 9.46. The maximum absolute atomic E-state index is 12.2. The Morgan fingerprint density at radius 1 is 0.923 bits per heavy atom. The van der Waals surface area contributed by atoms with Gasteiger partial charge in [-0.2, -0.15) is 0 Å². The van der Waals surface area contributed by atoms with Gasteiger partial charge in [0.1, 0.15) is 11.9 Å². The molecule has 0 aromatic carbocycles. The summed E-state index contributed by atoms with van der Waals surface area (Å²) >= 11 is 5.46. The molecule has 0 N–H and O–H groups in total. The quantitative estimate of drug-likeness (QED) is 0.553. The smallest absolute Gasteiger partial charge is 0.404 e. The van der Waals surface area contributed by atoms with Gasteiger partial charge in [-0.3, -0.25) is 4.79 Å². The number of rotatable bonds is 2. The van der Waals surface area contributed by atoms with Gasteiger partial charge in [0.15, 0.2) is 0 Å². The lowest BCUT2D eigenvalue weighted by atomic mass is 9.44. The van der Waals surface area contributed by atoms with Gasteiger partial charge >= 0.3 is 5.43 Å². The van der Waals surface area contributed by atoms with Crippen LogP contribution in [-0.2, 0) is 9.53 Å². The predicted molar refractivity (Wildman–Crippen MR) is 102 cm³/mol. The first-order chi connectivity index (χ1) is 12.3. The molecule has 146 valence electrons. The summed E-state index contributed by atoms with van der Waals surface area (Å²) in [7, 11) is 0. The molecule has 4 aliphatic rings. The van der Waals surface area contributed by atoms with Gasteiger partial charge in [-0.1, -0.05) is 13.8 Å². The van der Waals surface area contributed by atoms with Crippen LogP contribution in [0.3, 0.4) is 0 Å². The number of carbonyl (C=O) groups excluding carboxylic acids is 2. The minimum absolute atomic E-state index is 0.0112. The minimum Gasteiger partial charge on any atom is -0.450 e. The molecule has 4 aliphatic carbocycles. The van der Waals surface area contributed by atoms with Crippen molar-refractivity contribution in [2.45, 2.75) is 84.7 Å². The lowest BCUT2D eigenvalue weighted by molar-refractivity contribution is -0.138. The molecular weight excluding hydrogens is 348 g/mol. The topological polar surface area (TPSA) is 43.4 Å². The van der Waals surface area contributed by atoms with Crippen LogP contribution in [0.15, 0.2) is 0 Å². The number of ether oxygens (including phenoxy) is 1. The van der Waals surface area contributed by atoms with Crippen LogP contribution in [0.25, 0.3) is 0 Å². The maximum Gasteiger partial charge on any atom is 0.404 e. The Bertz CT molecular complexity index is 604. The highest BCUT2D eigenvalue weighted by Gasteiger charge is 2.60. The number of ketones is 1. The van der Waals surface area contributed by atoms with Crippen LogP contribution >= 0.6 is 11.6 Å². The second kappa shape index (κ2) is 6.50. The van der Waals surface area contributed by atoms with Gasteiger partial charge in [-0.15, -0.1) is 0 Å². The van der Waals surface area contributed by atoms with Crippen molar-refractivity contribution >= 4 is 22.8 Å². The highest BCUT2D eigenvalue weighted by molar-refractivity contribution is 6.61. The van der Waals surface area contributed by atoms with Gasteiger partial charge in [0, 0.05) is 17.5 Å². The van der Waals surface area contributed by atoms with Crippen molar-refractivity contribution in [2.24, 2.45) is 40.4 Å². The van der Waals surface area contributed by atoms with Crippen LogP contribution in [0, 0.1) is 40.4 Å². The lowest BCUT2D eigenvalue weighted by Crippen LogP contribution is -2.54. The van der Waals surface area contributed by atoms with Gasteiger partial charge in [-0.25, -0.2) is 4.79 Å². The zero-order valence-corrected chi connectivity index (χ0v) is 17.2. The lowest BCUT2D eigenvalue weighted by Gasteiger charge is -2.61. The maximum atomic E-state index is 12.2. The number of halogens is 1. The van der Waals surface area contributed by atoms with Crippen LogP contribution < -0.4 is 0 Å². The molecule has 0 aromatic heterocycles. The van der Waals surface area contributed by atoms with Crippen molar-refractivity contribution in [3.63, 3.8) is 0 Å². The molecule has 3 nitrogen and oxygen atoms in total. The van der Waals surface area contributed by atoms with Crippen molar-refractivity contribution < 1.29 is 14.3 Å². The van der Waals surface area contributed by atoms with E-state index in [2.05, 4.69) is 13.8 Å². The summed E-state index contributed by atoms with van der Waals surface area (Å²) in [6.07, 6.45) is 10.5. The monoisotopic (exact) mass is 380 g/mol. The molecule has 4 heteroatoms. The Kier molecular flexibility index (Phi) is 4.69. The Morgan fingerprint density at radius 2 is 1.62 bits per heavy atom. The summed E-state index contributed by atoms with van der Waals surface area (Å²) in [6.45, 7) is 6.73. The van der Waals surface area contributed by atoms with E-state index in [1.807, 2.05) is 6.92 Å². The fourth-order valence-corrected chi connectivity index (χ4v) is 8.25. The molecule has 4 fully saturated rings. The Labute approximate surface area is 162 Å². The largest absolute Gasteiger partial charge is 0.450 e. The molecule has 4 saturated carbocycles. The zero-order chi connectivity index (χ0) is 18.7. The fourth-order valence-electron chi connectivity index (χ4n) is 8.12. The third-order valence-electron chi connectivity index (χ3n) is 9.37. The summed E-state index contributed by atoms with van der Waals surface area (Å²) in [4.78, 5) is 23.4. The van der Waals surface area contributed by atoms with Gasteiger partial charge in [0.25, 0.3) is 0 Å². The van der Waals surface area contributed by atoms with Gasteiger partial charge < -0.3 is 4.74 Å². The van der Waals surface area contributed by atoms with Crippen molar-refractivity contribution in [3.05, 3.63) is 0 Å². The van der Waals surface area contributed by atoms with E-state index in [4.69, 9.17) is 16.3 Å². The van der Waals surface area contributed by atoms with E-state index < -0.39 is 5.43 Å². The molecule has 4 rings (SSSR count). The molecule has 0 radical (unpaired) electrons. The average molecular weight is 381 g/mol. The van der Waals surface area contributed by atoms with Gasteiger partial charge in [-0.05, 0) is 99.2 Å². The van der Waals surface area contributed by atoms with E-state index in [9.17, 15) is 9.59 Å². The SMILES string of the molecule is CC(=O)[C@H]1CC[C@H]2[C@@H]3CC[C@H]4C[C@H](OC(=O)Cl)CC[C@]4(C)[C@H]3CC[C@]12C. The van der Waals surface area contributed by atoms with Gasteiger partial charge in [0.05, 0.1) is 0 Å². The first-order valence-electron chi connectivity index (χ1n) is 10.6. The second-order valence-electron chi connectivity index (χ2n) is 10.2. The fraction of sp³-hybridized carbons (Fsp3) is 0.909. The molecule has 0 unspecified atom stereocenters. The van der Waals surface area contributed by atoms with Crippen LogP contribution in [-0.4, -0.2) is 17.3 Å². The van der Waals surface area contributed by atoms with Crippen LogP contribution in [0.2, 0.25) is 0 Å². The average Bonchev–Trinajstić information content (AvgIpc) is 2.92. The molecule has 0 heterocycles. The zero-order valence-electron chi connectivity index (χ0n) is 16.4. The van der Waals surface area contributed by atoms with E-state index in [0.717, 1.165) is 43.4 Å². The summed E-state index contributed by atoms with van der Waals surface area (Å²) in [5.74, 6) is 3.64. The number of carbonyl (C=O) groups is 2. The van der Waals surface area contributed by atoms with Crippen molar-refractivity contribution in [1.29, 1.82) is 0 Å². The van der Waals surface area contributed by atoms with E-state index in [-0.39, 0.29) is 17.4 Å². The highest BCUT2D eigenvalue weighted by atomic mass is 35.5. The van der Waals surface area contributed by atoms with Crippen LogP contribution in [0.5, 0.6) is 0 Å². The number of Topliss-reactive ketones (excluding diaryl/α,β-unsaturated/α-hetero) is 1. The first kappa shape index (κ1) is 18.8. The molecule has 8 atom stereocenters. The molecule has 0 bridgehead atoms. The second-order valence-corrected chi connectivity index (χ2v) is 10.5. The minimum atomic E-state index is -0.651. The van der Waals surface area contributed by atoms with Crippen molar-refractivity contribution in [2.75, 3.05) is 0 Å².